The summed E-state index contributed by atoms with van der Waals surface area (Å²) < 4.78 is 0. The van der Waals surface area contributed by atoms with Crippen molar-refractivity contribution in [2.75, 3.05) is 4.90 Å². The molecule has 1 heterocycles. The number of fused-ring (bicyclic) bond motifs is 5. The van der Waals surface area contributed by atoms with Gasteiger partial charge in [-0.25, -0.2) is 4.90 Å². The number of amides is 2. The number of imide groups is 1. The third kappa shape index (κ3) is 2.57. The molecule has 1 aliphatic heterocycles. The first-order valence-electron chi connectivity index (χ1n) is 12.6. The predicted octanol–water partition coefficient (Wildman–Crippen LogP) is 6.02. The highest BCUT2D eigenvalue weighted by molar-refractivity contribution is 6.34. The molecule has 1 saturated carbocycles. The zero-order chi connectivity index (χ0) is 25.4. The van der Waals surface area contributed by atoms with Gasteiger partial charge in [-0.3, -0.25) is 14.4 Å². The van der Waals surface area contributed by atoms with E-state index in [4.69, 9.17) is 0 Å². The molecular formula is C32H29NO3. The summed E-state index contributed by atoms with van der Waals surface area (Å²) in [5.74, 6) is -1.94. The first-order chi connectivity index (χ1) is 17.3. The van der Waals surface area contributed by atoms with Crippen molar-refractivity contribution in [3.8, 4) is 0 Å². The Morgan fingerprint density at radius 1 is 0.750 bits per heavy atom. The van der Waals surface area contributed by atoms with Gasteiger partial charge in [0, 0.05) is 0 Å². The zero-order valence-corrected chi connectivity index (χ0v) is 21.0. The molecule has 4 nitrogen and oxygen atoms in total. The molecule has 1 saturated heterocycles. The lowest BCUT2D eigenvalue weighted by molar-refractivity contribution is -0.134. The van der Waals surface area contributed by atoms with Crippen LogP contribution in [-0.2, 0) is 14.4 Å². The zero-order valence-electron chi connectivity index (χ0n) is 21.0. The van der Waals surface area contributed by atoms with Gasteiger partial charge in [0.25, 0.3) is 0 Å². The molecule has 2 bridgehead atoms. The Morgan fingerprint density at radius 3 is 1.89 bits per heavy atom. The van der Waals surface area contributed by atoms with Crippen molar-refractivity contribution in [3.05, 3.63) is 101 Å². The molecular weight excluding hydrogens is 446 g/mol. The molecule has 2 amide bonds. The Kier molecular flexibility index (Phi) is 4.79. The largest absolute Gasteiger partial charge is 0.298 e. The molecule has 0 radical (unpaired) electrons. The molecule has 0 unspecified atom stereocenters. The van der Waals surface area contributed by atoms with E-state index in [1.54, 1.807) is 0 Å². The van der Waals surface area contributed by atoms with Gasteiger partial charge in [-0.1, -0.05) is 79.7 Å². The fourth-order valence-corrected chi connectivity index (χ4v) is 7.32. The second-order valence-corrected chi connectivity index (χ2v) is 10.6. The maximum atomic E-state index is 14.5. The Bertz CT molecular complexity index is 1470. The molecule has 2 aliphatic carbocycles. The SMILES string of the molecule is CC[C@@]12C(=O)[C@@](C)(C(c3ccccc3)=C1c1ccccc1)[C@H]1C(=O)N(c3cc(C)ccc3C)C(=O)[C@@H]12. The van der Waals surface area contributed by atoms with Gasteiger partial charge in [-0.05, 0) is 66.7 Å². The number of hydrogen-bond donors (Lipinski definition) is 0. The van der Waals surface area contributed by atoms with Crippen LogP contribution < -0.4 is 4.90 Å². The number of carbonyl (C=O) groups excluding carboxylic acids is 3. The molecule has 3 aromatic rings. The van der Waals surface area contributed by atoms with Crippen molar-refractivity contribution in [1.82, 2.24) is 0 Å². The summed E-state index contributed by atoms with van der Waals surface area (Å²) in [7, 11) is 0. The molecule has 0 aromatic heterocycles. The molecule has 180 valence electrons. The standard InChI is InChI=1S/C32H29NO3/c1-5-32-25(22-14-10-7-11-15-22)24(21-12-8-6-9-13-21)31(4,30(32)36)26-27(32)29(35)33(28(26)34)23-18-19(2)16-17-20(23)3/h6-18,26-27H,5H2,1-4H3/t26-,27-,31+,32-/m1/s1. The minimum atomic E-state index is -1.09. The van der Waals surface area contributed by atoms with Crippen LogP contribution in [0.15, 0.2) is 78.9 Å². The first-order valence-corrected chi connectivity index (χ1v) is 12.6. The number of allylic oxidation sites excluding steroid dienone is 2. The van der Waals surface area contributed by atoms with E-state index >= 15 is 0 Å². The number of benzene rings is 3. The summed E-state index contributed by atoms with van der Waals surface area (Å²) in [6, 6.07) is 25.7. The van der Waals surface area contributed by atoms with Crippen LogP contribution in [0.3, 0.4) is 0 Å². The van der Waals surface area contributed by atoms with Gasteiger partial charge in [0.2, 0.25) is 11.8 Å². The number of rotatable bonds is 4. The van der Waals surface area contributed by atoms with Crippen molar-refractivity contribution in [3.63, 3.8) is 0 Å². The van der Waals surface area contributed by atoms with E-state index in [0.29, 0.717) is 12.1 Å². The lowest BCUT2D eigenvalue weighted by Crippen LogP contribution is -2.41. The van der Waals surface area contributed by atoms with Gasteiger partial charge >= 0.3 is 0 Å². The predicted molar refractivity (Wildman–Crippen MR) is 141 cm³/mol. The van der Waals surface area contributed by atoms with Crippen LogP contribution in [0.1, 0.15) is 42.5 Å². The second kappa shape index (κ2) is 7.60. The number of hydrogen-bond acceptors (Lipinski definition) is 3. The minimum Gasteiger partial charge on any atom is -0.298 e. The summed E-state index contributed by atoms with van der Waals surface area (Å²) >= 11 is 0. The molecule has 2 fully saturated rings. The fourth-order valence-electron chi connectivity index (χ4n) is 7.32. The minimum absolute atomic E-state index is 0.00696. The third-order valence-corrected chi connectivity index (χ3v) is 8.84. The lowest BCUT2D eigenvalue weighted by atomic mass is 9.62. The highest BCUT2D eigenvalue weighted by Gasteiger charge is 2.79. The number of aryl methyl sites for hydroxylation is 2. The van der Waals surface area contributed by atoms with Crippen molar-refractivity contribution < 1.29 is 14.4 Å². The van der Waals surface area contributed by atoms with E-state index in [1.165, 1.54) is 4.90 Å². The van der Waals surface area contributed by atoms with Crippen LogP contribution in [0.5, 0.6) is 0 Å². The summed E-state index contributed by atoms with van der Waals surface area (Å²) in [6.45, 7) is 7.76. The van der Waals surface area contributed by atoms with Gasteiger partial charge < -0.3 is 0 Å². The number of nitrogens with zero attached hydrogens (tertiary/aromatic N) is 1. The van der Waals surface area contributed by atoms with Crippen LogP contribution in [0.4, 0.5) is 5.69 Å². The highest BCUT2D eigenvalue weighted by Crippen LogP contribution is 2.74. The van der Waals surface area contributed by atoms with Gasteiger partial charge in [0.1, 0.15) is 0 Å². The number of anilines is 1. The quantitative estimate of drug-likeness (QED) is 0.434. The third-order valence-electron chi connectivity index (χ3n) is 8.84. The summed E-state index contributed by atoms with van der Waals surface area (Å²) in [5.41, 5.74) is 4.03. The molecule has 4 atom stereocenters. The summed E-state index contributed by atoms with van der Waals surface area (Å²) in [5, 5.41) is 0. The molecule has 36 heavy (non-hydrogen) atoms. The smallest absolute Gasteiger partial charge is 0.239 e. The Morgan fingerprint density at radius 2 is 1.31 bits per heavy atom. The maximum absolute atomic E-state index is 14.5. The van der Waals surface area contributed by atoms with Crippen LogP contribution in [0, 0.1) is 36.5 Å². The van der Waals surface area contributed by atoms with Gasteiger partial charge in [0.05, 0.1) is 28.4 Å². The molecule has 3 aromatic carbocycles. The first kappa shape index (κ1) is 22.7. The molecule has 0 spiro atoms. The van der Waals surface area contributed by atoms with E-state index in [-0.39, 0.29) is 17.6 Å². The molecule has 6 rings (SSSR count). The van der Waals surface area contributed by atoms with Crippen LogP contribution in [-0.4, -0.2) is 17.6 Å². The van der Waals surface area contributed by atoms with Gasteiger partial charge in [-0.2, -0.15) is 0 Å². The highest BCUT2D eigenvalue weighted by atomic mass is 16.2. The second-order valence-electron chi connectivity index (χ2n) is 10.6. The maximum Gasteiger partial charge on any atom is 0.239 e. The summed E-state index contributed by atoms with van der Waals surface area (Å²) in [4.78, 5) is 44.4. The topological polar surface area (TPSA) is 54.5 Å². The number of ketones is 1. The van der Waals surface area contributed by atoms with Crippen LogP contribution in [0.25, 0.3) is 11.1 Å². The van der Waals surface area contributed by atoms with E-state index in [2.05, 4.69) is 0 Å². The number of carbonyl (C=O) groups is 3. The van der Waals surface area contributed by atoms with Gasteiger partial charge in [0.15, 0.2) is 5.78 Å². The van der Waals surface area contributed by atoms with E-state index in [1.807, 2.05) is 107 Å². The molecule has 3 aliphatic rings. The Labute approximate surface area is 211 Å². The van der Waals surface area contributed by atoms with Crippen molar-refractivity contribution in [2.45, 2.75) is 34.1 Å². The monoisotopic (exact) mass is 475 g/mol. The van der Waals surface area contributed by atoms with Crippen molar-refractivity contribution in [2.24, 2.45) is 22.7 Å². The molecule has 0 N–H and O–H groups in total. The Hall–Kier alpha value is -3.79. The molecule has 4 heteroatoms. The van der Waals surface area contributed by atoms with Crippen LogP contribution >= 0.6 is 0 Å². The van der Waals surface area contributed by atoms with Gasteiger partial charge in [-0.15, -0.1) is 0 Å². The lowest BCUT2D eigenvalue weighted by Gasteiger charge is -2.37. The number of Topliss-reactive ketones (excluding diaryl/α,β-unsaturated/α-hetero) is 1. The van der Waals surface area contributed by atoms with E-state index in [0.717, 1.165) is 33.4 Å². The average molecular weight is 476 g/mol. The summed E-state index contributed by atoms with van der Waals surface area (Å²) in [6.07, 6.45) is 0.461. The van der Waals surface area contributed by atoms with E-state index in [9.17, 15) is 14.4 Å². The van der Waals surface area contributed by atoms with Crippen LogP contribution in [0.2, 0.25) is 0 Å². The Balaban J connectivity index is 1.65. The van der Waals surface area contributed by atoms with Crippen molar-refractivity contribution in [1.29, 1.82) is 0 Å². The van der Waals surface area contributed by atoms with Crippen molar-refractivity contribution >= 4 is 34.4 Å². The van der Waals surface area contributed by atoms with E-state index < -0.39 is 22.7 Å². The average Bonchev–Trinajstić information content (AvgIpc) is 3.36. The normalized spacial score (nSPS) is 28.9. The fraction of sp³-hybridized carbons (Fsp3) is 0.281.